The van der Waals surface area contributed by atoms with Crippen LogP contribution in [0, 0.1) is 11.6 Å². The predicted octanol–water partition coefficient (Wildman–Crippen LogP) is 2.31. The summed E-state index contributed by atoms with van der Waals surface area (Å²) in [6.07, 6.45) is 3.51. The smallest absolute Gasteiger partial charge is 0.257 e. The number of hydrogen-bond donors (Lipinski definition) is 1. The van der Waals surface area contributed by atoms with E-state index in [1.54, 1.807) is 4.90 Å². The first kappa shape index (κ1) is 13.9. The van der Waals surface area contributed by atoms with E-state index < -0.39 is 17.5 Å². The normalized spacial score (nSPS) is 19.5. The second kappa shape index (κ2) is 6.10. The van der Waals surface area contributed by atoms with Crippen molar-refractivity contribution >= 4 is 5.91 Å². The Bertz CT molecular complexity index is 463. The zero-order valence-corrected chi connectivity index (χ0v) is 10.7. The number of nitrogens with zero attached hydrogens (tertiary/aromatic N) is 1. The van der Waals surface area contributed by atoms with E-state index >= 15 is 0 Å². The van der Waals surface area contributed by atoms with Gasteiger partial charge in [0.25, 0.3) is 5.91 Å². The maximum atomic E-state index is 13.7. The van der Waals surface area contributed by atoms with Crippen molar-refractivity contribution in [2.45, 2.75) is 31.7 Å². The molecule has 1 saturated heterocycles. The molecule has 1 atom stereocenters. The first-order valence-corrected chi connectivity index (χ1v) is 6.60. The molecule has 0 aliphatic carbocycles. The van der Waals surface area contributed by atoms with Crippen LogP contribution in [0.4, 0.5) is 8.78 Å². The maximum absolute atomic E-state index is 13.7. The molecule has 2 rings (SSSR count). The molecule has 1 aliphatic heterocycles. The average Bonchev–Trinajstić information content (AvgIpc) is 2.42. The first-order chi connectivity index (χ1) is 9.15. The molecule has 5 heteroatoms. The van der Waals surface area contributed by atoms with E-state index in [9.17, 15) is 13.6 Å². The molecule has 0 spiro atoms. The van der Waals surface area contributed by atoms with Gasteiger partial charge >= 0.3 is 0 Å². The van der Waals surface area contributed by atoms with Crippen LogP contribution in [0.15, 0.2) is 18.2 Å². The van der Waals surface area contributed by atoms with Crippen LogP contribution in [0.1, 0.15) is 36.0 Å². The fraction of sp³-hybridized carbons (Fsp3) is 0.500. The zero-order valence-electron chi connectivity index (χ0n) is 10.7. The number of piperidine rings is 1. The van der Waals surface area contributed by atoms with Crippen LogP contribution in [-0.4, -0.2) is 29.9 Å². The molecular weight excluding hydrogens is 250 g/mol. The number of rotatable bonds is 3. The van der Waals surface area contributed by atoms with E-state index in [2.05, 4.69) is 0 Å². The highest BCUT2D eigenvalue weighted by molar-refractivity contribution is 5.94. The van der Waals surface area contributed by atoms with Crippen molar-refractivity contribution in [2.75, 3.05) is 13.1 Å². The van der Waals surface area contributed by atoms with E-state index in [-0.39, 0.29) is 11.6 Å². The molecule has 1 fully saturated rings. The third-order valence-electron chi connectivity index (χ3n) is 3.57. The topological polar surface area (TPSA) is 46.3 Å². The lowest BCUT2D eigenvalue weighted by molar-refractivity contribution is 0.0599. The minimum Gasteiger partial charge on any atom is -0.336 e. The Labute approximate surface area is 111 Å². The van der Waals surface area contributed by atoms with Crippen molar-refractivity contribution in [3.8, 4) is 0 Å². The molecular formula is C14H18F2N2O. The Balaban J connectivity index is 2.23. The van der Waals surface area contributed by atoms with E-state index in [0.29, 0.717) is 19.5 Å². The SMILES string of the molecule is NCCC1CCCCN1C(=O)c1cccc(F)c1F. The minimum absolute atomic E-state index is 0.0360. The fourth-order valence-corrected chi connectivity index (χ4v) is 2.58. The Morgan fingerprint density at radius 2 is 2.16 bits per heavy atom. The van der Waals surface area contributed by atoms with Gasteiger partial charge < -0.3 is 10.6 Å². The quantitative estimate of drug-likeness (QED) is 0.914. The summed E-state index contributed by atoms with van der Waals surface area (Å²) in [4.78, 5) is 14.0. The number of benzene rings is 1. The van der Waals surface area contributed by atoms with Crippen LogP contribution in [0.25, 0.3) is 0 Å². The first-order valence-electron chi connectivity index (χ1n) is 6.60. The van der Waals surface area contributed by atoms with Crippen LogP contribution >= 0.6 is 0 Å². The van der Waals surface area contributed by atoms with E-state index in [1.807, 2.05) is 0 Å². The molecule has 3 nitrogen and oxygen atoms in total. The number of carbonyl (C=O) groups is 1. The van der Waals surface area contributed by atoms with Gasteiger partial charge in [0.15, 0.2) is 11.6 Å². The molecule has 1 aliphatic rings. The largest absolute Gasteiger partial charge is 0.336 e. The molecule has 0 radical (unpaired) electrons. The summed E-state index contributed by atoms with van der Waals surface area (Å²) >= 11 is 0. The molecule has 0 saturated carbocycles. The zero-order chi connectivity index (χ0) is 13.8. The van der Waals surface area contributed by atoms with Gasteiger partial charge in [0.1, 0.15) is 0 Å². The Hall–Kier alpha value is -1.49. The molecule has 0 aromatic heterocycles. The van der Waals surface area contributed by atoms with Crippen molar-refractivity contribution in [1.29, 1.82) is 0 Å². The highest BCUT2D eigenvalue weighted by Gasteiger charge is 2.28. The third kappa shape index (κ3) is 2.92. The van der Waals surface area contributed by atoms with Crippen molar-refractivity contribution in [2.24, 2.45) is 5.73 Å². The van der Waals surface area contributed by atoms with Gasteiger partial charge in [-0.3, -0.25) is 4.79 Å². The number of likely N-dealkylation sites (tertiary alicyclic amines) is 1. The van der Waals surface area contributed by atoms with Gasteiger partial charge in [-0.2, -0.15) is 0 Å². The van der Waals surface area contributed by atoms with Gasteiger partial charge in [-0.25, -0.2) is 8.78 Å². The summed E-state index contributed by atoms with van der Waals surface area (Å²) in [5, 5.41) is 0. The summed E-state index contributed by atoms with van der Waals surface area (Å²) in [6.45, 7) is 1.07. The number of carbonyl (C=O) groups excluding carboxylic acids is 1. The lowest BCUT2D eigenvalue weighted by atomic mass is 9.98. The second-order valence-corrected chi connectivity index (χ2v) is 4.83. The molecule has 2 N–H and O–H groups in total. The van der Waals surface area contributed by atoms with Crippen molar-refractivity contribution in [3.05, 3.63) is 35.4 Å². The van der Waals surface area contributed by atoms with E-state index in [1.165, 1.54) is 12.1 Å². The summed E-state index contributed by atoms with van der Waals surface area (Å²) in [5.74, 6) is -2.49. The molecule has 19 heavy (non-hydrogen) atoms. The van der Waals surface area contributed by atoms with Crippen LogP contribution in [0.3, 0.4) is 0 Å². The molecule has 1 amide bonds. The number of nitrogens with two attached hydrogens (primary N) is 1. The van der Waals surface area contributed by atoms with Gasteiger partial charge in [-0.15, -0.1) is 0 Å². The van der Waals surface area contributed by atoms with Crippen molar-refractivity contribution in [1.82, 2.24) is 4.90 Å². The summed E-state index contributed by atoms with van der Waals surface area (Å²) in [7, 11) is 0. The van der Waals surface area contributed by atoms with Crippen molar-refractivity contribution in [3.63, 3.8) is 0 Å². The second-order valence-electron chi connectivity index (χ2n) is 4.83. The van der Waals surface area contributed by atoms with E-state index in [4.69, 9.17) is 5.73 Å². The molecule has 1 aromatic carbocycles. The van der Waals surface area contributed by atoms with Crippen molar-refractivity contribution < 1.29 is 13.6 Å². The lowest BCUT2D eigenvalue weighted by Crippen LogP contribution is -2.45. The third-order valence-corrected chi connectivity index (χ3v) is 3.57. The number of hydrogen-bond acceptors (Lipinski definition) is 2. The van der Waals surface area contributed by atoms with Gasteiger partial charge in [0.05, 0.1) is 5.56 Å². The van der Waals surface area contributed by atoms with Gasteiger partial charge in [-0.05, 0) is 44.4 Å². The standard InChI is InChI=1S/C14H18F2N2O/c15-12-6-3-5-11(13(12)16)14(19)18-9-2-1-4-10(18)7-8-17/h3,5-6,10H,1-2,4,7-9,17H2. The van der Waals surface area contributed by atoms with Crippen LogP contribution < -0.4 is 5.73 Å². The molecule has 1 heterocycles. The highest BCUT2D eigenvalue weighted by Crippen LogP contribution is 2.23. The number of halogens is 2. The van der Waals surface area contributed by atoms with Gasteiger partial charge in [0.2, 0.25) is 0 Å². The average molecular weight is 268 g/mol. The van der Waals surface area contributed by atoms with Gasteiger partial charge in [-0.1, -0.05) is 6.07 Å². The van der Waals surface area contributed by atoms with Crippen LogP contribution in [0.5, 0.6) is 0 Å². The summed E-state index contributed by atoms with van der Waals surface area (Å²) in [5.41, 5.74) is 5.35. The summed E-state index contributed by atoms with van der Waals surface area (Å²) < 4.78 is 26.9. The van der Waals surface area contributed by atoms with E-state index in [0.717, 1.165) is 25.3 Å². The molecule has 0 bridgehead atoms. The van der Waals surface area contributed by atoms with Crippen LogP contribution in [0.2, 0.25) is 0 Å². The Morgan fingerprint density at radius 3 is 2.89 bits per heavy atom. The predicted molar refractivity (Wildman–Crippen MR) is 68.7 cm³/mol. The molecule has 1 aromatic rings. The van der Waals surface area contributed by atoms with Gasteiger partial charge in [0, 0.05) is 12.6 Å². The van der Waals surface area contributed by atoms with Crippen LogP contribution in [-0.2, 0) is 0 Å². The summed E-state index contributed by atoms with van der Waals surface area (Å²) in [6, 6.07) is 3.73. The lowest BCUT2D eigenvalue weighted by Gasteiger charge is -2.35. The fourth-order valence-electron chi connectivity index (χ4n) is 2.58. The molecule has 1 unspecified atom stereocenters. The number of amides is 1. The Morgan fingerprint density at radius 1 is 1.37 bits per heavy atom. The highest BCUT2D eigenvalue weighted by atomic mass is 19.2. The minimum atomic E-state index is -1.07. The molecule has 104 valence electrons. The Kier molecular flexibility index (Phi) is 4.47. The maximum Gasteiger partial charge on any atom is 0.257 e. The monoisotopic (exact) mass is 268 g/mol.